The quantitative estimate of drug-likeness (QED) is 0.793. The van der Waals surface area contributed by atoms with Crippen LogP contribution >= 0.6 is 0 Å². The Balaban J connectivity index is 2.08. The lowest BCUT2D eigenvalue weighted by atomic mass is 10.0. The smallest absolute Gasteiger partial charge is 0.350 e. The van der Waals surface area contributed by atoms with Gasteiger partial charge in [0.1, 0.15) is 0 Å². The fraction of sp³-hybridized carbons (Fsp3) is 0.300. The first-order valence-corrected chi connectivity index (χ1v) is 8.45. The molecule has 144 valence electrons. The molecule has 2 aromatic rings. The van der Waals surface area contributed by atoms with Crippen molar-refractivity contribution < 1.29 is 22.8 Å². The second-order valence-electron chi connectivity index (χ2n) is 6.28. The van der Waals surface area contributed by atoms with Crippen LogP contribution in [0.1, 0.15) is 49.0 Å². The molecule has 0 aliphatic heterocycles. The van der Waals surface area contributed by atoms with E-state index in [1.807, 2.05) is 6.07 Å². The van der Waals surface area contributed by atoms with E-state index < -0.39 is 23.8 Å². The molecule has 0 spiro atoms. The Bertz CT molecular complexity index is 791. The molecular weight excluding hydrogens is 357 g/mol. The second kappa shape index (κ2) is 8.70. The Labute approximate surface area is 155 Å². The van der Waals surface area contributed by atoms with E-state index in [-0.39, 0.29) is 18.2 Å². The SMILES string of the molecule is CC(=O)N[C@H](CC(=O)N[C@H](C)c1cccc(C(F)(F)F)c1)c1ccccc1. The molecule has 7 heteroatoms. The maximum absolute atomic E-state index is 12.8. The van der Waals surface area contributed by atoms with Crippen LogP contribution < -0.4 is 10.6 Å². The third-order valence-corrected chi connectivity index (χ3v) is 4.06. The van der Waals surface area contributed by atoms with E-state index >= 15 is 0 Å². The van der Waals surface area contributed by atoms with Crippen molar-refractivity contribution in [2.24, 2.45) is 0 Å². The van der Waals surface area contributed by atoms with Crippen molar-refractivity contribution in [1.82, 2.24) is 10.6 Å². The number of rotatable bonds is 6. The van der Waals surface area contributed by atoms with E-state index in [9.17, 15) is 22.8 Å². The third-order valence-electron chi connectivity index (χ3n) is 4.06. The minimum absolute atomic E-state index is 0.0209. The number of carbonyl (C=O) groups excluding carboxylic acids is 2. The first kappa shape index (κ1) is 20.5. The van der Waals surface area contributed by atoms with E-state index in [0.717, 1.165) is 17.7 Å². The van der Waals surface area contributed by atoms with Crippen molar-refractivity contribution in [1.29, 1.82) is 0 Å². The predicted octanol–water partition coefficient (Wildman–Crippen LogP) is 4.15. The van der Waals surface area contributed by atoms with Crippen LogP contribution in [0.15, 0.2) is 54.6 Å². The summed E-state index contributed by atoms with van der Waals surface area (Å²) >= 11 is 0. The fourth-order valence-corrected chi connectivity index (χ4v) is 2.74. The van der Waals surface area contributed by atoms with Crippen LogP contribution in [0, 0.1) is 0 Å². The predicted molar refractivity (Wildman–Crippen MR) is 95.6 cm³/mol. The van der Waals surface area contributed by atoms with Gasteiger partial charge in [0.25, 0.3) is 0 Å². The first-order chi connectivity index (χ1) is 12.7. The van der Waals surface area contributed by atoms with Gasteiger partial charge in [0.15, 0.2) is 0 Å². The van der Waals surface area contributed by atoms with Crippen LogP contribution in [0.2, 0.25) is 0 Å². The van der Waals surface area contributed by atoms with E-state index in [0.29, 0.717) is 5.56 Å². The molecule has 0 heterocycles. The number of nitrogens with one attached hydrogen (secondary N) is 2. The number of hydrogen-bond donors (Lipinski definition) is 2. The van der Waals surface area contributed by atoms with Crippen LogP contribution in [0.3, 0.4) is 0 Å². The van der Waals surface area contributed by atoms with Gasteiger partial charge in [0, 0.05) is 6.92 Å². The zero-order valence-corrected chi connectivity index (χ0v) is 15.0. The number of amides is 2. The largest absolute Gasteiger partial charge is 0.416 e. The number of halogens is 3. The van der Waals surface area contributed by atoms with Gasteiger partial charge in [-0.3, -0.25) is 9.59 Å². The molecule has 2 aromatic carbocycles. The van der Waals surface area contributed by atoms with Gasteiger partial charge < -0.3 is 10.6 Å². The summed E-state index contributed by atoms with van der Waals surface area (Å²) < 4.78 is 38.5. The summed E-state index contributed by atoms with van der Waals surface area (Å²) in [7, 11) is 0. The van der Waals surface area contributed by atoms with E-state index in [1.165, 1.54) is 19.1 Å². The Morgan fingerprint density at radius 3 is 2.19 bits per heavy atom. The van der Waals surface area contributed by atoms with Crippen LogP contribution in [-0.2, 0) is 15.8 Å². The topological polar surface area (TPSA) is 58.2 Å². The van der Waals surface area contributed by atoms with Gasteiger partial charge in [0.2, 0.25) is 11.8 Å². The second-order valence-corrected chi connectivity index (χ2v) is 6.28. The van der Waals surface area contributed by atoms with Crippen LogP contribution in [0.5, 0.6) is 0 Å². The highest BCUT2D eigenvalue weighted by Gasteiger charge is 2.30. The van der Waals surface area contributed by atoms with Gasteiger partial charge >= 0.3 is 6.18 Å². The number of carbonyl (C=O) groups is 2. The van der Waals surface area contributed by atoms with Gasteiger partial charge in [-0.1, -0.05) is 42.5 Å². The summed E-state index contributed by atoms with van der Waals surface area (Å²) in [4.78, 5) is 23.8. The van der Waals surface area contributed by atoms with Crippen molar-refractivity contribution in [3.8, 4) is 0 Å². The molecule has 0 saturated carbocycles. The Kier molecular flexibility index (Phi) is 6.60. The molecule has 0 aliphatic carbocycles. The van der Waals surface area contributed by atoms with Gasteiger partial charge in [-0.2, -0.15) is 13.2 Å². The summed E-state index contributed by atoms with van der Waals surface area (Å²) in [5.41, 5.74) is 0.366. The fourth-order valence-electron chi connectivity index (χ4n) is 2.74. The molecule has 2 amide bonds. The lowest BCUT2D eigenvalue weighted by Gasteiger charge is -2.20. The molecule has 0 aromatic heterocycles. The summed E-state index contributed by atoms with van der Waals surface area (Å²) in [6.45, 7) is 2.97. The molecule has 0 fully saturated rings. The van der Waals surface area contributed by atoms with Gasteiger partial charge in [-0.15, -0.1) is 0 Å². The van der Waals surface area contributed by atoms with Crippen molar-refractivity contribution in [3.05, 3.63) is 71.3 Å². The lowest BCUT2D eigenvalue weighted by molar-refractivity contribution is -0.137. The van der Waals surface area contributed by atoms with E-state index in [2.05, 4.69) is 10.6 Å². The molecular formula is C20H21F3N2O2. The Morgan fingerprint density at radius 1 is 0.963 bits per heavy atom. The van der Waals surface area contributed by atoms with Crippen LogP contribution in [0.4, 0.5) is 13.2 Å². The lowest BCUT2D eigenvalue weighted by Crippen LogP contribution is -2.33. The molecule has 0 unspecified atom stereocenters. The Hall–Kier alpha value is -2.83. The monoisotopic (exact) mass is 378 g/mol. The van der Waals surface area contributed by atoms with Gasteiger partial charge in [-0.05, 0) is 30.2 Å². The summed E-state index contributed by atoms with van der Waals surface area (Å²) in [6.07, 6.45) is -4.46. The van der Waals surface area contributed by atoms with Crippen molar-refractivity contribution in [2.75, 3.05) is 0 Å². The normalized spacial score (nSPS) is 13.5. The number of alkyl halides is 3. The molecule has 0 aliphatic rings. The summed E-state index contributed by atoms with van der Waals surface area (Å²) in [5.74, 6) is -0.648. The maximum Gasteiger partial charge on any atom is 0.416 e. The number of hydrogen-bond acceptors (Lipinski definition) is 2. The molecule has 2 atom stereocenters. The molecule has 0 bridgehead atoms. The number of benzene rings is 2. The maximum atomic E-state index is 12.8. The zero-order chi connectivity index (χ0) is 20.0. The minimum Gasteiger partial charge on any atom is -0.350 e. The average Bonchev–Trinajstić information content (AvgIpc) is 2.61. The molecule has 27 heavy (non-hydrogen) atoms. The highest BCUT2D eigenvalue weighted by Crippen LogP contribution is 2.30. The average molecular weight is 378 g/mol. The highest BCUT2D eigenvalue weighted by molar-refractivity contribution is 5.79. The van der Waals surface area contributed by atoms with Crippen LogP contribution in [0.25, 0.3) is 0 Å². The zero-order valence-electron chi connectivity index (χ0n) is 15.0. The van der Waals surface area contributed by atoms with E-state index in [1.54, 1.807) is 31.2 Å². The summed E-state index contributed by atoms with van der Waals surface area (Å²) in [6, 6.07) is 12.7. The molecule has 2 rings (SSSR count). The molecule has 2 N–H and O–H groups in total. The van der Waals surface area contributed by atoms with Gasteiger partial charge in [-0.25, -0.2) is 0 Å². The highest BCUT2D eigenvalue weighted by atomic mass is 19.4. The Morgan fingerprint density at radius 2 is 1.59 bits per heavy atom. The third kappa shape index (κ3) is 6.13. The van der Waals surface area contributed by atoms with E-state index in [4.69, 9.17) is 0 Å². The van der Waals surface area contributed by atoms with Crippen molar-refractivity contribution in [3.63, 3.8) is 0 Å². The summed E-state index contributed by atoms with van der Waals surface area (Å²) in [5, 5.41) is 5.41. The molecule has 0 radical (unpaired) electrons. The molecule has 4 nitrogen and oxygen atoms in total. The van der Waals surface area contributed by atoms with Crippen LogP contribution in [-0.4, -0.2) is 11.8 Å². The van der Waals surface area contributed by atoms with Crippen molar-refractivity contribution >= 4 is 11.8 Å². The van der Waals surface area contributed by atoms with Gasteiger partial charge in [0.05, 0.1) is 24.1 Å². The minimum atomic E-state index is -4.44. The standard InChI is InChI=1S/C20H21F3N2O2/c1-13(16-9-6-10-17(11-16)20(21,22)23)24-19(27)12-18(25-14(2)26)15-7-4-3-5-8-15/h3-11,13,18H,12H2,1-2H3,(H,24,27)(H,25,26)/t13-,18-/m1/s1. The first-order valence-electron chi connectivity index (χ1n) is 8.45. The van der Waals surface area contributed by atoms with Crippen molar-refractivity contribution in [2.45, 2.75) is 38.5 Å². The molecule has 0 saturated heterocycles.